The number of aliphatic carboxylic acids is 1. The maximum absolute atomic E-state index is 12.0. The van der Waals surface area contributed by atoms with E-state index in [1.54, 1.807) is 24.3 Å². The van der Waals surface area contributed by atoms with Crippen molar-refractivity contribution in [2.24, 2.45) is 0 Å². The fourth-order valence-corrected chi connectivity index (χ4v) is 1.91. The van der Waals surface area contributed by atoms with Gasteiger partial charge >= 0.3 is 5.97 Å². The molecule has 1 aromatic carbocycles. The van der Waals surface area contributed by atoms with Crippen LogP contribution in [0.15, 0.2) is 30.3 Å². The first kappa shape index (κ1) is 15.5. The second kappa shape index (κ2) is 7.81. The molecule has 2 N–H and O–H groups in total. The van der Waals surface area contributed by atoms with Gasteiger partial charge in [0.1, 0.15) is 6.04 Å². The van der Waals surface area contributed by atoms with Crippen molar-refractivity contribution in [3.63, 3.8) is 0 Å². The molecular formula is C13H17NO4S. The number of carboxylic acids is 1. The number of amides is 1. The number of carbonyl (C=O) groups excluding carboxylic acids is 1. The second-order valence-corrected chi connectivity index (χ2v) is 4.39. The predicted octanol–water partition coefficient (Wildman–Crippen LogP) is 1.26. The topological polar surface area (TPSA) is 75.6 Å². The van der Waals surface area contributed by atoms with Gasteiger partial charge in [0.2, 0.25) is 0 Å². The van der Waals surface area contributed by atoms with Crippen molar-refractivity contribution < 1.29 is 19.4 Å². The third-order valence-corrected chi connectivity index (χ3v) is 2.87. The van der Waals surface area contributed by atoms with Crippen LogP contribution in [0.4, 0.5) is 0 Å². The Labute approximate surface area is 117 Å². The van der Waals surface area contributed by atoms with Crippen molar-refractivity contribution in [1.82, 2.24) is 5.32 Å². The molecule has 0 bridgehead atoms. The highest BCUT2D eigenvalue weighted by molar-refractivity contribution is 7.80. The lowest BCUT2D eigenvalue weighted by Gasteiger charge is -2.19. The van der Waals surface area contributed by atoms with Crippen LogP contribution in [0, 0.1) is 0 Å². The van der Waals surface area contributed by atoms with E-state index >= 15 is 0 Å². The number of methoxy groups -OCH3 is 1. The maximum Gasteiger partial charge on any atom is 0.326 e. The lowest BCUT2D eigenvalue weighted by molar-refractivity contribution is -0.144. The van der Waals surface area contributed by atoms with Crippen molar-refractivity contribution >= 4 is 24.5 Å². The Bertz CT molecular complexity index is 424. The maximum atomic E-state index is 12.0. The summed E-state index contributed by atoms with van der Waals surface area (Å²) in [6.07, 6.45) is -0.557. The number of rotatable bonds is 7. The number of nitrogens with one attached hydrogen (secondary N) is 1. The molecule has 0 aliphatic heterocycles. The fourth-order valence-electron chi connectivity index (χ4n) is 1.66. The Morgan fingerprint density at radius 3 is 2.47 bits per heavy atom. The highest BCUT2D eigenvalue weighted by Gasteiger charge is 2.25. The van der Waals surface area contributed by atoms with Gasteiger partial charge in [-0.25, -0.2) is 4.79 Å². The minimum Gasteiger partial charge on any atom is -0.480 e. The van der Waals surface area contributed by atoms with E-state index in [9.17, 15) is 9.59 Å². The smallest absolute Gasteiger partial charge is 0.326 e. The van der Waals surface area contributed by atoms with Gasteiger partial charge in [0.05, 0.1) is 0 Å². The zero-order valence-electron chi connectivity index (χ0n) is 10.6. The van der Waals surface area contributed by atoms with Gasteiger partial charge in [-0.1, -0.05) is 30.3 Å². The van der Waals surface area contributed by atoms with E-state index in [0.29, 0.717) is 11.3 Å². The Balaban J connectivity index is 2.76. The quantitative estimate of drug-likeness (QED) is 0.659. The van der Waals surface area contributed by atoms with E-state index in [2.05, 4.69) is 17.9 Å². The van der Waals surface area contributed by atoms with Gasteiger partial charge in [-0.15, -0.1) is 0 Å². The van der Waals surface area contributed by atoms with E-state index in [0.717, 1.165) is 0 Å². The van der Waals surface area contributed by atoms with Crippen LogP contribution in [0.1, 0.15) is 18.1 Å². The molecule has 0 heterocycles. The van der Waals surface area contributed by atoms with E-state index in [-0.39, 0.29) is 6.42 Å². The summed E-state index contributed by atoms with van der Waals surface area (Å²) in [5.41, 5.74) is 0.678. The van der Waals surface area contributed by atoms with Crippen LogP contribution in [-0.2, 0) is 14.3 Å². The minimum absolute atomic E-state index is 0.259. The van der Waals surface area contributed by atoms with Gasteiger partial charge in [-0.05, 0) is 17.7 Å². The van der Waals surface area contributed by atoms with Gasteiger partial charge in [0.15, 0.2) is 6.10 Å². The van der Waals surface area contributed by atoms with Crippen molar-refractivity contribution in [1.29, 1.82) is 0 Å². The Kier molecular flexibility index (Phi) is 6.38. The van der Waals surface area contributed by atoms with Crippen molar-refractivity contribution in [2.75, 3.05) is 12.9 Å². The molecule has 1 rings (SSSR count). The normalized spacial score (nSPS) is 13.6. The molecule has 0 aliphatic rings. The van der Waals surface area contributed by atoms with Crippen LogP contribution in [-0.4, -0.2) is 35.9 Å². The van der Waals surface area contributed by atoms with Crippen LogP contribution >= 0.6 is 12.6 Å². The summed E-state index contributed by atoms with van der Waals surface area (Å²) >= 11 is 3.98. The second-order valence-electron chi connectivity index (χ2n) is 3.94. The zero-order valence-corrected chi connectivity index (χ0v) is 11.5. The number of ether oxygens (including phenoxy) is 1. The lowest BCUT2D eigenvalue weighted by Crippen LogP contribution is -2.43. The molecule has 1 aromatic rings. The molecule has 0 fully saturated rings. The summed E-state index contributed by atoms with van der Waals surface area (Å²) in [4.78, 5) is 23.0. The summed E-state index contributed by atoms with van der Waals surface area (Å²) in [6.45, 7) is 0. The fraction of sp³-hybridized carbons (Fsp3) is 0.385. The summed E-state index contributed by atoms with van der Waals surface area (Å²) in [5.74, 6) is -1.17. The SMILES string of the molecule is COC(C(=O)NC(CCS)C(=O)O)c1ccccc1. The first-order valence-corrected chi connectivity index (χ1v) is 6.45. The number of hydrogen-bond acceptors (Lipinski definition) is 4. The summed E-state index contributed by atoms with van der Waals surface area (Å²) < 4.78 is 5.13. The average molecular weight is 283 g/mol. The molecule has 0 saturated heterocycles. The standard InChI is InChI=1S/C13H17NO4S/c1-18-11(9-5-3-2-4-6-9)12(15)14-10(7-8-19)13(16)17/h2-6,10-11,19H,7-8H2,1H3,(H,14,15)(H,16,17). The lowest BCUT2D eigenvalue weighted by atomic mass is 10.1. The van der Waals surface area contributed by atoms with E-state index in [1.165, 1.54) is 7.11 Å². The summed E-state index contributed by atoms with van der Waals surface area (Å²) in [5, 5.41) is 11.4. The number of benzene rings is 1. The van der Waals surface area contributed by atoms with E-state index in [1.807, 2.05) is 6.07 Å². The molecule has 1 amide bonds. The Morgan fingerprint density at radius 2 is 2.00 bits per heavy atom. The predicted molar refractivity (Wildman–Crippen MR) is 74.2 cm³/mol. The zero-order chi connectivity index (χ0) is 14.3. The van der Waals surface area contributed by atoms with Crippen LogP contribution in [0.3, 0.4) is 0 Å². The first-order valence-electron chi connectivity index (χ1n) is 5.82. The molecule has 5 nitrogen and oxygen atoms in total. The van der Waals surface area contributed by atoms with Gasteiger partial charge in [0, 0.05) is 7.11 Å². The molecule has 2 atom stereocenters. The van der Waals surface area contributed by atoms with Crippen LogP contribution in [0.5, 0.6) is 0 Å². The number of thiol groups is 1. The van der Waals surface area contributed by atoms with Gasteiger partial charge in [-0.2, -0.15) is 12.6 Å². The molecule has 19 heavy (non-hydrogen) atoms. The van der Waals surface area contributed by atoms with E-state index < -0.39 is 24.0 Å². The molecule has 0 spiro atoms. The molecule has 0 saturated carbocycles. The van der Waals surface area contributed by atoms with Crippen molar-refractivity contribution in [2.45, 2.75) is 18.6 Å². The minimum atomic E-state index is -1.08. The van der Waals surface area contributed by atoms with Crippen LogP contribution in [0.25, 0.3) is 0 Å². The monoisotopic (exact) mass is 283 g/mol. The molecule has 0 radical (unpaired) electrons. The molecule has 6 heteroatoms. The first-order chi connectivity index (χ1) is 9.10. The van der Waals surface area contributed by atoms with Gasteiger partial charge < -0.3 is 15.2 Å². The van der Waals surface area contributed by atoms with Crippen LogP contribution in [0.2, 0.25) is 0 Å². The number of carbonyl (C=O) groups is 2. The highest BCUT2D eigenvalue weighted by Crippen LogP contribution is 2.16. The largest absolute Gasteiger partial charge is 0.480 e. The van der Waals surface area contributed by atoms with Crippen molar-refractivity contribution in [3.05, 3.63) is 35.9 Å². The molecule has 2 unspecified atom stereocenters. The van der Waals surface area contributed by atoms with Gasteiger partial charge in [-0.3, -0.25) is 4.79 Å². The van der Waals surface area contributed by atoms with E-state index in [4.69, 9.17) is 9.84 Å². The number of hydrogen-bond donors (Lipinski definition) is 3. The average Bonchev–Trinajstić information content (AvgIpc) is 2.40. The molecule has 0 aliphatic carbocycles. The molecular weight excluding hydrogens is 266 g/mol. The Hall–Kier alpha value is -1.53. The third kappa shape index (κ3) is 4.57. The summed E-state index contributed by atoms with van der Waals surface area (Å²) in [7, 11) is 1.41. The molecule has 104 valence electrons. The number of carboxylic acid groups (broad SMARTS) is 1. The van der Waals surface area contributed by atoms with Crippen LogP contribution < -0.4 is 5.32 Å². The van der Waals surface area contributed by atoms with Crippen molar-refractivity contribution in [3.8, 4) is 0 Å². The Morgan fingerprint density at radius 1 is 1.37 bits per heavy atom. The summed E-state index contributed by atoms with van der Waals surface area (Å²) in [6, 6.07) is 7.96. The van der Waals surface area contributed by atoms with Gasteiger partial charge in [0.25, 0.3) is 5.91 Å². The molecule has 0 aromatic heterocycles. The third-order valence-electron chi connectivity index (χ3n) is 2.61. The highest BCUT2D eigenvalue weighted by atomic mass is 32.1.